The van der Waals surface area contributed by atoms with Crippen LogP contribution in [0.25, 0.3) is 22.2 Å². The molecule has 0 unspecified atom stereocenters. The summed E-state index contributed by atoms with van der Waals surface area (Å²) in [5.74, 6) is -2.34. The van der Waals surface area contributed by atoms with E-state index in [1.54, 1.807) is 42.5 Å². The number of pyridine rings is 1. The van der Waals surface area contributed by atoms with Crippen LogP contribution >= 0.6 is 0 Å². The molecule has 0 aliphatic rings. The predicted molar refractivity (Wildman–Crippen MR) is 116 cm³/mol. The summed E-state index contributed by atoms with van der Waals surface area (Å²) >= 11 is 0. The monoisotopic (exact) mass is 434 g/mol. The fraction of sp³-hybridized carbons (Fsp3) is 0. The highest BCUT2D eigenvalue weighted by Crippen LogP contribution is 2.34. The van der Waals surface area contributed by atoms with Gasteiger partial charge in [-0.3, -0.25) is 10.2 Å². The van der Waals surface area contributed by atoms with Crippen LogP contribution in [0.2, 0.25) is 0 Å². The van der Waals surface area contributed by atoms with Crippen LogP contribution in [-0.2, 0) is 0 Å². The zero-order chi connectivity index (χ0) is 22.8. The Hall–Kier alpha value is -4.53. The number of nitrogens with two attached hydrogens (primary N) is 1. The fourth-order valence-corrected chi connectivity index (χ4v) is 3.31. The Labute approximate surface area is 180 Å². The zero-order valence-electron chi connectivity index (χ0n) is 16.4. The number of nitrogen functional groups attached to an aromatic ring is 1. The second kappa shape index (κ2) is 8.31. The summed E-state index contributed by atoms with van der Waals surface area (Å²) in [6, 6.07) is 17.2. The lowest BCUT2D eigenvalue weighted by atomic mass is 10.0. The highest BCUT2D eigenvalue weighted by Gasteiger charge is 2.25. The van der Waals surface area contributed by atoms with E-state index in [1.165, 1.54) is 12.1 Å². The van der Waals surface area contributed by atoms with E-state index in [4.69, 9.17) is 5.73 Å². The normalized spacial score (nSPS) is 10.7. The van der Waals surface area contributed by atoms with Gasteiger partial charge in [-0.25, -0.2) is 18.6 Å². The van der Waals surface area contributed by atoms with Crippen LogP contribution < -0.4 is 16.2 Å². The molecular weight excluding hydrogens is 418 g/mol. The van der Waals surface area contributed by atoms with Gasteiger partial charge < -0.3 is 10.8 Å². The lowest BCUT2D eigenvalue weighted by molar-refractivity contribution is 0.0946. The number of para-hydroxylation sites is 2. The van der Waals surface area contributed by atoms with Gasteiger partial charge in [0.1, 0.15) is 11.6 Å². The van der Waals surface area contributed by atoms with E-state index in [2.05, 4.69) is 10.4 Å². The van der Waals surface area contributed by atoms with Crippen molar-refractivity contribution in [2.24, 2.45) is 0 Å². The van der Waals surface area contributed by atoms with Gasteiger partial charge in [0.15, 0.2) is 0 Å². The van der Waals surface area contributed by atoms with E-state index < -0.39 is 23.6 Å². The second-order valence-electron chi connectivity index (χ2n) is 6.78. The smallest absolute Gasteiger partial charge is 0.431 e. The number of halogens is 2. The van der Waals surface area contributed by atoms with Crippen LogP contribution in [0.5, 0.6) is 0 Å². The van der Waals surface area contributed by atoms with Crippen molar-refractivity contribution >= 4 is 34.3 Å². The first-order valence-electron chi connectivity index (χ1n) is 9.39. The predicted octanol–water partition coefficient (Wildman–Crippen LogP) is 4.59. The van der Waals surface area contributed by atoms with Gasteiger partial charge in [0.05, 0.1) is 28.1 Å². The molecule has 4 N–H and O–H groups in total. The number of amides is 2. The van der Waals surface area contributed by atoms with Gasteiger partial charge in [-0.15, -0.1) is 0 Å². The molecule has 4 aromatic rings. The summed E-state index contributed by atoms with van der Waals surface area (Å²) in [5.41, 5.74) is 8.33. The molecule has 32 heavy (non-hydrogen) atoms. The Balaban J connectivity index is 1.88. The standard InChI is InChI=1S/C23H16F2N4O3/c24-13-10-11-17(25)16(12-13)21-20(26)19(15-8-4-5-9-18(15)27-21)22(30)28-29(23(31)32)14-6-2-1-3-7-14/h1-12H,26H2,(H,28,30)(H,31,32). The molecule has 4 rings (SSSR count). The maximum Gasteiger partial charge on any atom is 0.431 e. The van der Waals surface area contributed by atoms with Crippen molar-refractivity contribution < 1.29 is 23.5 Å². The summed E-state index contributed by atoms with van der Waals surface area (Å²) in [4.78, 5) is 29.3. The van der Waals surface area contributed by atoms with Crippen LogP contribution in [0.3, 0.4) is 0 Å². The minimum atomic E-state index is -1.43. The first-order valence-corrected chi connectivity index (χ1v) is 9.39. The van der Waals surface area contributed by atoms with Crippen LogP contribution in [-0.4, -0.2) is 22.1 Å². The number of carbonyl (C=O) groups excluding carboxylic acids is 1. The number of hydrogen-bond donors (Lipinski definition) is 3. The first-order chi connectivity index (χ1) is 15.4. The molecule has 1 aromatic heterocycles. The number of benzene rings is 3. The largest absolute Gasteiger partial charge is 0.463 e. The Kier molecular flexibility index (Phi) is 5.38. The molecule has 2 amide bonds. The van der Waals surface area contributed by atoms with Crippen molar-refractivity contribution in [3.63, 3.8) is 0 Å². The van der Waals surface area contributed by atoms with E-state index >= 15 is 0 Å². The third kappa shape index (κ3) is 3.79. The third-order valence-electron chi connectivity index (χ3n) is 4.76. The Morgan fingerprint density at radius 3 is 2.38 bits per heavy atom. The van der Waals surface area contributed by atoms with Crippen LogP contribution in [0.4, 0.5) is 25.0 Å². The molecule has 0 bridgehead atoms. The molecule has 3 aromatic carbocycles. The van der Waals surface area contributed by atoms with Gasteiger partial charge in [0.25, 0.3) is 5.91 Å². The molecule has 0 fully saturated rings. The molecule has 0 spiro atoms. The van der Waals surface area contributed by atoms with Crippen molar-refractivity contribution in [1.29, 1.82) is 0 Å². The Bertz CT molecular complexity index is 1350. The average molecular weight is 434 g/mol. The summed E-state index contributed by atoms with van der Waals surface area (Å²) in [7, 11) is 0. The van der Waals surface area contributed by atoms with Crippen LogP contribution in [0, 0.1) is 11.6 Å². The van der Waals surface area contributed by atoms with E-state index in [0.717, 1.165) is 18.2 Å². The highest BCUT2D eigenvalue weighted by atomic mass is 19.1. The quantitative estimate of drug-likeness (QED) is 0.409. The molecule has 0 aliphatic carbocycles. The molecule has 0 aliphatic heterocycles. The molecule has 0 saturated heterocycles. The summed E-state index contributed by atoms with van der Waals surface area (Å²) in [6.07, 6.45) is -1.43. The number of nitrogens with zero attached hydrogens (tertiary/aromatic N) is 2. The number of carbonyl (C=O) groups is 2. The highest BCUT2D eigenvalue weighted by molar-refractivity contribution is 6.14. The van der Waals surface area contributed by atoms with E-state index in [0.29, 0.717) is 15.9 Å². The van der Waals surface area contributed by atoms with Crippen molar-refractivity contribution in [1.82, 2.24) is 10.4 Å². The number of fused-ring (bicyclic) bond motifs is 1. The molecule has 0 radical (unpaired) electrons. The van der Waals surface area contributed by atoms with Crippen LogP contribution in [0.1, 0.15) is 10.4 Å². The van der Waals surface area contributed by atoms with E-state index in [1.807, 2.05) is 0 Å². The number of carboxylic acid groups (broad SMARTS) is 1. The maximum atomic E-state index is 14.5. The molecule has 1 heterocycles. The van der Waals surface area contributed by atoms with Crippen molar-refractivity contribution in [3.05, 3.63) is 90.0 Å². The summed E-state index contributed by atoms with van der Waals surface area (Å²) < 4.78 is 28.3. The zero-order valence-corrected chi connectivity index (χ0v) is 16.4. The van der Waals surface area contributed by atoms with Gasteiger partial charge in [-0.05, 0) is 36.4 Å². The van der Waals surface area contributed by atoms with E-state index in [9.17, 15) is 23.5 Å². The van der Waals surface area contributed by atoms with Gasteiger partial charge in [0.2, 0.25) is 0 Å². The third-order valence-corrected chi connectivity index (χ3v) is 4.76. The molecule has 0 saturated carbocycles. The van der Waals surface area contributed by atoms with E-state index in [-0.39, 0.29) is 28.2 Å². The molecule has 9 heteroatoms. The number of rotatable bonds is 3. The average Bonchev–Trinajstić information content (AvgIpc) is 2.79. The molecule has 0 atom stereocenters. The topological polar surface area (TPSA) is 109 Å². The fourth-order valence-electron chi connectivity index (χ4n) is 3.31. The number of nitrogens with one attached hydrogen (secondary N) is 1. The van der Waals surface area contributed by atoms with Crippen molar-refractivity contribution in [3.8, 4) is 11.3 Å². The van der Waals surface area contributed by atoms with Gasteiger partial charge in [-0.1, -0.05) is 36.4 Å². The first kappa shape index (κ1) is 20.7. The van der Waals surface area contributed by atoms with Gasteiger partial charge in [0, 0.05) is 10.9 Å². The minimum absolute atomic E-state index is 0.114. The second-order valence-corrected chi connectivity index (χ2v) is 6.78. The number of aromatic nitrogens is 1. The molecule has 7 nitrogen and oxygen atoms in total. The Morgan fingerprint density at radius 2 is 1.66 bits per heavy atom. The lowest BCUT2D eigenvalue weighted by Gasteiger charge is -2.21. The maximum absolute atomic E-state index is 14.5. The lowest BCUT2D eigenvalue weighted by Crippen LogP contribution is -2.46. The number of hydrazine groups is 1. The Morgan fingerprint density at radius 1 is 0.969 bits per heavy atom. The molecule has 160 valence electrons. The van der Waals surface area contributed by atoms with Gasteiger partial charge in [-0.2, -0.15) is 5.01 Å². The summed E-state index contributed by atoms with van der Waals surface area (Å²) in [6.45, 7) is 0. The molecular formula is C23H16F2N4O3. The number of hydrogen-bond acceptors (Lipinski definition) is 4. The number of anilines is 2. The van der Waals surface area contributed by atoms with Crippen LogP contribution in [0.15, 0.2) is 72.8 Å². The SMILES string of the molecule is Nc1c(-c2cc(F)ccc2F)nc2ccccc2c1C(=O)NN(C(=O)O)c1ccccc1. The minimum Gasteiger partial charge on any atom is -0.463 e. The van der Waals surface area contributed by atoms with Crippen molar-refractivity contribution in [2.75, 3.05) is 10.7 Å². The van der Waals surface area contributed by atoms with Crippen molar-refractivity contribution in [2.45, 2.75) is 0 Å². The van der Waals surface area contributed by atoms with Gasteiger partial charge >= 0.3 is 6.09 Å². The summed E-state index contributed by atoms with van der Waals surface area (Å²) in [5, 5.41) is 10.5.